The Labute approximate surface area is 130 Å². The van der Waals surface area contributed by atoms with E-state index in [4.69, 9.17) is 11.6 Å². The standard InChI is InChI=1S/C16H23ClN2O2/c17-11-6-7-13-14(10-11)16(21)19(15(13)20)9-8-18-12-4-2-1-3-5-12/h6,12-14,18H,1-5,7-10H2/p+1. The maximum absolute atomic E-state index is 12.4. The average molecular weight is 312 g/mol. The minimum Gasteiger partial charge on any atom is -0.342 e. The third-order valence-corrected chi connectivity index (χ3v) is 5.47. The molecule has 0 radical (unpaired) electrons. The van der Waals surface area contributed by atoms with Crippen LogP contribution in [-0.4, -0.2) is 35.8 Å². The lowest BCUT2D eigenvalue weighted by molar-refractivity contribution is -0.690. The molecule has 0 aromatic carbocycles. The van der Waals surface area contributed by atoms with Crippen molar-refractivity contribution in [2.24, 2.45) is 11.8 Å². The number of imide groups is 1. The molecule has 3 aliphatic rings. The van der Waals surface area contributed by atoms with Gasteiger partial charge in [0, 0.05) is 5.03 Å². The normalized spacial score (nSPS) is 30.5. The molecule has 0 aromatic heterocycles. The molecule has 2 fully saturated rings. The number of halogens is 1. The maximum Gasteiger partial charge on any atom is 0.233 e. The number of hydrogen-bond acceptors (Lipinski definition) is 2. The number of nitrogens with two attached hydrogens (primary N) is 1. The van der Waals surface area contributed by atoms with Gasteiger partial charge in [-0.15, -0.1) is 0 Å². The molecule has 0 spiro atoms. The first-order chi connectivity index (χ1) is 10.2. The fourth-order valence-electron chi connectivity index (χ4n) is 3.93. The molecule has 0 aromatic rings. The van der Waals surface area contributed by atoms with Crippen molar-refractivity contribution in [3.8, 4) is 0 Å². The molecule has 1 saturated carbocycles. The van der Waals surface area contributed by atoms with Gasteiger partial charge in [0.15, 0.2) is 0 Å². The van der Waals surface area contributed by atoms with E-state index in [1.807, 2.05) is 6.08 Å². The van der Waals surface area contributed by atoms with Gasteiger partial charge in [-0.05, 0) is 38.5 Å². The Morgan fingerprint density at radius 1 is 1.14 bits per heavy atom. The quantitative estimate of drug-likeness (QED) is 0.798. The Kier molecular flexibility index (Phi) is 4.65. The number of carbonyl (C=O) groups is 2. The van der Waals surface area contributed by atoms with Gasteiger partial charge in [0.1, 0.15) is 0 Å². The van der Waals surface area contributed by atoms with E-state index in [9.17, 15) is 9.59 Å². The van der Waals surface area contributed by atoms with E-state index in [1.54, 1.807) is 0 Å². The second kappa shape index (κ2) is 6.49. The van der Waals surface area contributed by atoms with Crippen molar-refractivity contribution >= 4 is 23.4 Å². The van der Waals surface area contributed by atoms with Gasteiger partial charge < -0.3 is 5.32 Å². The van der Waals surface area contributed by atoms with Crippen LogP contribution >= 0.6 is 11.6 Å². The highest BCUT2D eigenvalue weighted by molar-refractivity contribution is 6.30. The molecule has 116 valence electrons. The number of nitrogens with zero attached hydrogens (tertiary/aromatic N) is 1. The predicted molar refractivity (Wildman–Crippen MR) is 80.5 cm³/mol. The summed E-state index contributed by atoms with van der Waals surface area (Å²) in [6.45, 7) is 1.39. The van der Waals surface area contributed by atoms with Crippen LogP contribution < -0.4 is 5.32 Å². The fourth-order valence-corrected chi connectivity index (χ4v) is 4.18. The van der Waals surface area contributed by atoms with E-state index in [0.29, 0.717) is 25.4 Å². The van der Waals surface area contributed by atoms with Crippen LogP contribution in [0.5, 0.6) is 0 Å². The van der Waals surface area contributed by atoms with Crippen LogP contribution in [0, 0.1) is 11.8 Å². The molecule has 1 aliphatic heterocycles. The molecule has 21 heavy (non-hydrogen) atoms. The first kappa shape index (κ1) is 15.0. The Balaban J connectivity index is 1.52. The van der Waals surface area contributed by atoms with E-state index in [1.165, 1.54) is 37.0 Å². The molecule has 0 bridgehead atoms. The third kappa shape index (κ3) is 3.16. The van der Waals surface area contributed by atoms with Gasteiger partial charge in [-0.3, -0.25) is 14.5 Å². The van der Waals surface area contributed by atoms with Crippen molar-refractivity contribution in [3.63, 3.8) is 0 Å². The molecule has 2 unspecified atom stereocenters. The summed E-state index contributed by atoms with van der Waals surface area (Å²) in [5.74, 6) is -0.352. The zero-order chi connectivity index (χ0) is 14.8. The molecular formula is C16H24ClN2O2+. The largest absolute Gasteiger partial charge is 0.342 e. The monoisotopic (exact) mass is 311 g/mol. The van der Waals surface area contributed by atoms with Crippen molar-refractivity contribution in [1.82, 2.24) is 4.90 Å². The van der Waals surface area contributed by atoms with Crippen LogP contribution in [0.2, 0.25) is 0 Å². The Bertz CT molecular complexity index is 457. The Hall–Kier alpha value is -0.870. The molecule has 2 atom stereocenters. The molecule has 2 amide bonds. The highest BCUT2D eigenvalue weighted by Gasteiger charge is 2.48. The molecule has 5 heteroatoms. The van der Waals surface area contributed by atoms with Gasteiger partial charge in [0.05, 0.1) is 31.0 Å². The van der Waals surface area contributed by atoms with Crippen LogP contribution in [0.25, 0.3) is 0 Å². The molecular weight excluding hydrogens is 288 g/mol. The van der Waals surface area contributed by atoms with Crippen LogP contribution in [0.1, 0.15) is 44.9 Å². The summed E-state index contributed by atoms with van der Waals surface area (Å²) in [5.41, 5.74) is 0. The number of amides is 2. The number of hydrogen-bond donors (Lipinski definition) is 1. The average Bonchev–Trinajstić information content (AvgIpc) is 2.73. The molecule has 2 aliphatic carbocycles. The first-order valence-corrected chi connectivity index (χ1v) is 8.57. The number of allylic oxidation sites excluding steroid dienone is 2. The van der Waals surface area contributed by atoms with Crippen LogP contribution in [0.15, 0.2) is 11.1 Å². The van der Waals surface area contributed by atoms with Crippen molar-refractivity contribution < 1.29 is 14.9 Å². The topological polar surface area (TPSA) is 54.0 Å². The third-order valence-electron chi connectivity index (χ3n) is 5.16. The van der Waals surface area contributed by atoms with E-state index < -0.39 is 0 Å². The van der Waals surface area contributed by atoms with Crippen LogP contribution in [0.3, 0.4) is 0 Å². The zero-order valence-corrected chi connectivity index (χ0v) is 13.1. The molecule has 2 N–H and O–H groups in total. The van der Waals surface area contributed by atoms with Gasteiger partial charge in [0.2, 0.25) is 11.8 Å². The second-order valence-electron chi connectivity index (χ2n) is 6.55. The van der Waals surface area contributed by atoms with E-state index in [2.05, 4.69) is 5.32 Å². The highest BCUT2D eigenvalue weighted by Crippen LogP contribution is 2.38. The first-order valence-electron chi connectivity index (χ1n) is 8.20. The van der Waals surface area contributed by atoms with Gasteiger partial charge in [0.25, 0.3) is 0 Å². The van der Waals surface area contributed by atoms with E-state index in [-0.39, 0.29) is 23.7 Å². The van der Waals surface area contributed by atoms with Crippen molar-refractivity contribution in [2.75, 3.05) is 13.1 Å². The van der Waals surface area contributed by atoms with Crippen molar-refractivity contribution in [1.29, 1.82) is 0 Å². The maximum atomic E-state index is 12.4. The smallest absolute Gasteiger partial charge is 0.233 e. The van der Waals surface area contributed by atoms with Gasteiger partial charge in [-0.25, -0.2) is 0 Å². The second-order valence-corrected chi connectivity index (χ2v) is 7.04. The number of fused-ring (bicyclic) bond motifs is 1. The summed E-state index contributed by atoms with van der Waals surface area (Å²) < 4.78 is 0. The van der Waals surface area contributed by atoms with Crippen LogP contribution in [0.4, 0.5) is 0 Å². The van der Waals surface area contributed by atoms with E-state index in [0.717, 1.165) is 11.6 Å². The van der Waals surface area contributed by atoms with Gasteiger partial charge >= 0.3 is 0 Å². The summed E-state index contributed by atoms with van der Waals surface area (Å²) >= 11 is 6.02. The van der Waals surface area contributed by atoms with Crippen molar-refractivity contribution in [3.05, 3.63) is 11.1 Å². The molecule has 1 heterocycles. The fraction of sp³-hybridized carbons (Fsp3) is 0.750. The summed E-state index contributed by atoms with van der Waals surface area (Å²) in [6.07, 6.45) is 9.58. The number of rotatable bonds is 4. The number of likely N-dealkylation sites (tertiary alicyclic amines) is 1. The van der Waals surface area contributed by atoms with Gasteiger partial charge in [-0.1, -0.05) is 24.1 Å². The predicted octanol–water partition coefficient (Wildman–Crippen LogP) is 1.40. The van der Waals surface area contributed by atoms with Crippen molar-refractivity contribution in [2.45, 2.75) is 51.0 Å². The number of carbonyl (C=O) groups excluding carboxylic acids is 2. The summed E-state index contributed by atoms with van der Waals surface area (Å²) in [6, 6.07) is 0.685. The Morgan fingerprint density at radius 3 is 2.62 bits per heavy atom. The molecule has 4 nitrogen and oxygen atoms in total. The summed E-state index contributed by atoms with van der Waals surface area (Å²) in [4.78, 5) is 26.2. The minimum absolute atomic E-state index is 0.00621. The lowest BCUT2D eigenvalue weighted by Gasteiger charge is -2.21. The lowest BCUT2D eigenvalue weighted by atomic mass is 9.85. The summed E-state index contributed by atoms with van der Waals surface area (Å²) in [5, 5.41) is 3.06. The molecule has 3 rings (SSSR count). The van der Waals surface area contributed by atoms with Crippen LogP contribution in [-0.2, 0) is 9.59 Å². The minimum atomic E-state index is -0.204. The highest BCUT2D eigenvalue weighted by atomic mass is 35.5. The van der Waals surface area contributed by atoms with Gasteiger partial charge in [-0.2, -0.15) is 0 Å². The van der Waals surface area contributed by atoms with E-state index >= 15 is 0 Å². The zero-order valence-electron chi connectivity index (χ0n) is 12.4. The lowest BCUT2D eigenvalue weighted by Crippen LogP contribution is -2.91. The summed E-state index contributed by atoms with van der Waals surface area (Å²) in [7, 11) is 0. The number of quaternary nitrogens is 1. The Morgan fingerprint density at radius 2 is 1.86 bits per heavy atom. The SMILES string of the molecule is O=C1C2CC=C(Cl)CC2C(=O)N1CC[NH2+]C1CCCCC1. The molecule has 1 saturated heterocycles.